The Balaban J connectivity index is 2.26. The summed E-state index contributed by atoms with van der Waals surface area (Å²) in [7, 11) is -3.58. The third kappa shape index (κ3) is 2.93. The van der Waals surface area contributed by atoms with Crippen LogP contribution in [-0.4, -0.2) is 18.6 Å². The van der Waals surface area contributed by atoms with Gasteiger partial charge in [-0.2, -0.15) is 0 Å². The average Bonchev–Trinajstić information content (AvgIpc) is 2.69. The third-order valence-electron chi connectivity index (χ3n) is 1.85. The zero-order valence-corrected chi connectivity index (χ0v) is 11.1. The highest BCUT2D eigenvalue weighted by molar-refractivity contribution is 7.94. The lowest BCUT2D eigenvalue weighted by Gasteiger charge is -2.03. The van der Waals surface area contributed by atoms with E-state index in [0.29, 0.717) is 0 Å². The van der Waals surface area contributed by atoms with Crippen LogP contribution in [0, 0.1) is 6.92 Å². The predicted octanol–water partition coefficient (Wildman–Crippen LogP) is 2.30. The molecule has 0 spiro atoms. The second-order valence-corrected chi connectivity index (χ2v) is 6.80. The van der Waals surface area contributed by atoms with E-state index in [1.54, 1.807) is 12.1 Å². The standard InChI is InChI=1S/C9H8ClN3O2S2/c1-6-2-5-9(16-6)17(14,15)13-8-4-3-7(10)11-12-8/h2-5H,1H3,(H,12,13). The van der Waals surface area contributed by atoms with E-state index in [0.717, 1.165) is 4.88 Å². The molecule has 1 N–H and O–H groups in total. The van der Waals surface area contributed by atoms with Crippen LogP contribution in [0.25, 0.3) is 0 Å². The van der Waals surface area contributed by atoms with Crippen LogP contribution in [0.2, 0.25) is 5.15 Å². The van der Waals surface area contributed by atoms with Gasteiger partial charge < -0.3 is 0 Å². The van der Waals surface area contributed by atoms with E-state index >= 15 is 0 Å². The first-order valence-electron chi connectivity index (χ1n) is 4.56. The van der Waals surface area contributed by atoms with Crippen molar-refractivity contribution >= 4 is 38.8 Å². The Kier molecular flexibility index (Phi) is 3.32. The number of aromatic nitrogens is 2. The maximum atomic E-state index is 11.9. The van der Waals surface area contributed by atoms with E-state index in [1.165, 1.54) is 23.5 Å². The molecule has 8 heteroatoms. The molecule has 5 nitrogen and oxygen atoms in total. The summed E-state index contributed by atoms with van der Waals surface area (Å²) >= 11 is 6.75. The van der Waals surface area contributed by atoms with E-state index in [4.69, 9.17) is 11.6 Å². The maximum absolute atomic E-state index is 11.9. The molecule has 90 valence electrons. The fourth-order valence-corrected chi connectivity index (χ4v) is 3.50. The van der Waals surface area contributed by atoms with Gasteiger partial charge >= 0.3 is 0 Å². The van der Waals surface area contributed by atoms with Crippen molar-refractivity contribution < 1.29 is 8.42 Å². The molecule has 0 radical (unpaired) electrons. The molecular weight excluding hydrogens is 282 g/mol. The van der Waals surface area contributed by atoms with Crippen LogP contribution in [-0.2, 0) is 10.0 Å². The predicted molar refractivity (Wildman–Crippen MR) is 66.9 cm³/mol. The molecule has 2 aromatic rings. The van der Waals surface area contributed by atoms with E-state index in [1.807, 2.05) is 6.92 Å². The van der Waals surface area contributed by atoms with Crippen LogP contribution in [0.15, 0.2) is 28.5 Å². The van der Waals surface area contributed by atoms with Gasteiger partial charge in [-0.3, -0.25) is 4.72 Å². The Bertz CT molecular complexity index is 622. The van der Waals surface area contributed by atoms with Crippen LogP contribution in [0.3, 0.4) is 0 Å². The van der Waals surface area contributed by atoms with Gasteiger partial charge in [0, 0.05) is 4.88 Å². The maximum Gasteiger partial charge on any atom is 0.272 e. The summed E-state index contributed by atoms with van der Waals surface area (Å²) in [5.41, 5.74) is 0. The zero-order valence-electron chi connectivity index (χ0n) is 8.71. The SMILES string of the molecule is Cc1ccc(S(=O)(=O)Nc2ccc(Cl)nn2)s1. The van der Waals surface area contributed by atoms with Gasteiger partial charge in [0.1, 0.15) is 4.21 Å². The second-order valence-electron chi connectivity index (χ2n) is 3.21. The van der Waals surface area contributed by atoms with Gasteiger partial charge in [0.15, 0.2) is 11.0 Å². The summed E-state index contributed by atoms with van der Waals surface area (Å²) < 4.78 is 26.4. The first-order valence-corrected chi connectivity index (χ1v) is 7.24. The fraction of sp³-hybridized carbons (Fsp3) is 0.111. The van der Waals surface area contributed by atoms with Crippen LogP contribution in [0.1, 0.15) is 4.88 Å². The molecule has 0 aliphatic rings. The molecular formula is C9H8ClN3O2S2. The Labute approximate surface area is 108 Å². The molecule has 0 saturated heterocycles. The molecule has 2 rings (SSSR count). The highest BCUT2D eigenvalue weighted by Gasteiger charge is 2.16. The molecule has 2 heterocycles. The Hall–Kier alpha value is -1.18. The number of aryl methyl sites for hydroxylation is 1. The number of hydrogen-bond donors (Lipinski definition) is 1. The molecule has 0 aromatic carbocycles. The van der Waals surface area contributed by atoms with Gasteiger partial charge in [-0.05, 0) is 31.2 Å². The summed E-state index contributed by atoms with van der Waals surface area (Å²) in [6.45, 7) is 1.84. The van der Waals surface area contributed by atoms with Crippen molar-refractivity contribution in [1.29, 1.82) is 0 Å². The minimum absolute atomic E-state index is 0.139. The smallest absolute Gasteiger partial charge is 0.261 e. The van der Waals surface area contributed by atoms with E-state index in [9.17, 15) is 8.42 Å². The van der Waals surface area contributed by atoms with E-state index < -0.39 is 10.0 Å². The lowest BCUT2D eigenvalue weighted by atomic mass is 10.5. The lowest BCUT2D eigenvalue weighted by molar-refractivity contribution is 0.603. The number of thiophene rings is 1. The Morgan fingerprint density at radius 3 is 2.53 bits per heavy atom. The lowest BCUT2D eigenvalue weighted by Crippen LogP contribution is -2.12. The number of rotatable bonds is 3. The monoisotopic (exact) mass is 289 g/mol. The Morgan fingerprint density at radius 2 is 2.00 bits per heavy atom. The molecule has 0 fully saturated rings. The highest BCUT2D eigenvalue weighted by atomic mass is 35.5. The van der Waals surface area contributed by atoms with Gasteiger partial charge in [0.2, 0.25) is 0 Å². The van der Waals surface area contributed by atoms with Gasteiger partial charge in [-0.1, -0.05) is 11.6 Å². The Morgan fingerprint density at radius 1 is 1.24 bits per heavy atom. The molecule has 0 saturated carbocycles. The molecule has 2 aromatic heterocycles. The highest BCUT2D eigenvalue weighted by Crippen LogP contribution is 2.22. The fourth-order valence-electron chi connectivity index (χ4n) is 1.11. The van der Waals surface area contributed by atoms with Crippen molar-refractivity contribution in [2.24, 2.45) is 0 Å². The first kappa shape index (κ1) is 12.3. The topological polar surface area (TPSA) is 72.0 Å². The number of anilines is 1. The largest absolute Gasteiger partial charge is 0.272 e. The van der Waals surface area contributed by atoms with Gasteiger partial charge in [0.25, 0.3) is 10.0 Å². The van der Waals surface area contributed by atoms with Crippen molar-refractivity contribution in [2.45, 2.75) is 11.1 Å². The zero-order chi connectivity index (χ0) is 12.5. The van der Waals surface area contributed by atoms with Gasteiger partial charge in [0.05, 0.1) is 0 Å². The number of nitrogens with one attached hydrogen (secondary N) is 1. The molecule has 0 aliphatic carbocycles. The van der Waals surface area contributed by atoms with Crippen molar-refractivity contribution in [3.63, 3.8) is 0 Å². The summed E-state index contributed by atoms with van der Waals surface area (Å²) in [6, 6.07) is 6.21. The summed E-state index contributed by atoms with van der Waals surface area (Å²) in [5, 5.41) is 7.39. The van der Waals surface area contributed by atoms with E-state index in [2.05, 4.69) is 14.9 Å². The number of nitrogens with zero attached hydrogens (tertiary/aromatic N) is 2. The van der Waals surface area contributed by atoms with Crippen LogP contribution in [0.4, 0.5) is 5.82 Å². The number of sulfonamides is 1. The summed E-state index contributed by atoms with van der Waals surface area (Å²) in [4.78, 5) is 0.924. The van der Waals surface area contributed by atoms with Crippen LogP contribution >= 0.6 is 22.9 Å². The minimum Gasteiger partial charge on any atom is -0.261 e. The van der Waals surface area contributed by atoms with Crippen LogP contribution < -0.4 is 4.72 Å². The quantitative estimate of drug-likeness (QED) is 0.941. The molecule has 17 heavy (non-hydrogen) atoms. The molecule has 0 bridgehead atoms. The van der Waals surface area contributed by atoms with Crippen molar-refractivity contribution in [1.82, 2.24) is 10.2 Å². The molecule has 0 unspecified atom stereocenters. The number of hydrogen-bond acceptors (Lipinski definition) is 5. The van der Waals surface area contributed by atoms with Crippen LogP contribution in [0.5, 0.6) is 0 Å². The van der Waals surface area contributed by atoms with Crippen molar-refractivity contribution in [3.05, 3.63) is 34.3 Å². The number of halogens is 1. The first-order chi connectivity index (χ1) is 7.97. The van der Waals surface area contributed by atoms with Gasteiger partial charge in [-0.25, -0.2) is 8.42 Å². The summed E-state index contributed by atoms with van der Waals surface area (Å²) in [6.07, 6.45) is 0. The van der Waals surface area contributed by atoms with Crippen molar-refractivity contribution in [3.8, 4) is 0 Å². The second kappa shape index (κ2) is 4.59. The minimum atomic E-state index is -3.58. The molecule has 0 amide bonds. The van der Waals surface area contributed by atoms with Gasteiger partial charge in [-0.15, -0.1) is 21.5 Å². The average molecular weight is 290 g/mol. The molecule has 0 aliphatic heterocycles. The van der Waals surface area contributed by atoms with Crippen molar-refractivity contribution in [2.75, 3.05) is 4.72 Å². The third-order valence-corrected chi connectivity index (χ3v) is 4.90. The normalized spacial score (nSPS) is 11.4. The molecule has 0 atom stereocenters. The van der Waals surface area contributed by atoms with E-state index in [-0.39, 0.29) is 15.2 Å². The summed E-state index contributed by atoms with van der Waals surface area (Å²) in [5.74, 6) is 0.139.